The van der Waals surface area contributed by atoms with Crippen molar-refractivity contribution in [2.45, 2.75) is 44.8 Å². The summed E-state index contributed by atoms with van der Waals surface area (Å²) in [7, 11) is 0. The summed E-state index contributed by atoms with van der Waals surface area (Å²) < 4.78 is 8.55. The van der Waals surface area contributed by atoms with Crippen LogP contribution in [0, 0.1) is 6.92 Å². The standard InChI is InChI=1S/C16H17NO2S2/c1-9-17-15-14(21-9)8-13(10-6-7-20-16(10)15)19-12-5-3-2-4-11(12)18/h6-8,11-12,18H,2-5H2,1H3. The number of thiophene rings is 1. The zero-order chi connectivity index (χ0) is 14.4. The van der Waals surface area contributed by atoms with E-state index < -0.39 is 0 Å². The first-order chi connectivity index (χ1) is 10.2. The molecule has 21 heavy (non-hydrogen) atoms. The summed E-state index contributed by atoms with van der Waals surface area (Å²) in [5, 5.41) is 14.4. The van der Waals surface area contributed by atoms with Crippen LogP contribution in [0.5, 0.6) is 5.75 Å². The maximum Gasteiger partial charge on any atom is 0.130 e. The first kappa shape index (κ1) is 13.5. The van der Waals surface area contributed by atoms with E-state index in [1.165, 1.54) is 9.40 Å². The SMILES string of the molecule is Cc1nc2c(cc(OC3CCCCC3O)c3ccsc32)s1. The smallest absolute Gasteiger partial charge is 0.130 e. The number of benzene rings is 1. The molecule has 1 aliphatic rings. The van der Waals surface area contributed by atoms with Gasteiger partial charge in [-0.05, 0) is 37.6 Å². The minimum atomic E-state index is -0.341. The van der Waals surface area contributed by atoms with Crippen molar-refractivity contribution in [2.24, 2.45) is 0 Å². The highest BCUT2D eigenvalue weighted by molar-refractivity contribution is 7.21. The molecule has 2 aromatic heterocycles. The maximum absolute atomic E-state index is 10.1. The van der Waals surface area contributed by atoms with E-state index in [1.54, 1.807) is 22.7 Å². The van der Waals surface area contributed by atoms with Gasteiger partial charge >= 0.3 is 0 Å². The number of fused-ring (bicyclic) bond motifs is 3. The van der Waals surface area contributed by atoms with Crippen molar-refractivity contribution in [2.75, 3.05) is 0 Å². The zero-order valence-corrected chi connectivity index (χ0v) is 13.5. The molecule has 0 saturated heterocycles. The van der Waals surface area contributed by atoms with Gasteiger partial charge in [-0.2, -0.15) is 0 Å². The molecule has 0 amide bonds. The normalized spacial score (nSPS) is 23.0. The average Bonchev–Trinajstić information content (AvgIpc) is 3.06. The molecular weight excluding hydrogens is 302 g/mol. The molecule has 1 saturated carbocycles. The quantitative estimate of drug-likeness (QED) is 0.756. The van der Waals surface area contributed by atoms with Crippen molar-refractivity contribution in [3.05, 3.63) is 22.5 Å². The van der Waals surface area contributed by atoms with E-state index in [0.717, 1.165) is 47.3 Å². The van der Waals surface area contributed by atoms with Gasteiger partial charge in [-0.15, -0.1) is 22.7 Å². The van der Waals surface area contributed by atoms with Gasteiger partial charge in [-0.1, -0.05) is 6.42 Å². The molecule has 2 atom stereocenters. The van der Waals surface area contributed by atoms with Crippen LogP contribution in [0.2, 0.25) is 0 Å². The van der Waals surface area contributed by atoms with Gasteiger partial charge in [0.25, 0.3) is 0 Å². The minimum Gasteiger partial charge on any atom is -0.487 e. The fourth-order valence-electron chi connectivity index (χ4n) is 3.06. The molecule has 1 aromatic carbocycles. The van der Waals surface area contributed by atoms with Gasteiger partial charge in [0, 0.05) is 11.5 Å². The Labute approximate surface area is 131 Å². The molecule has 0 bridgehead atoms. The molecule has 0 aliphatic heterocycles. The third kappa shape index (κ3) is 2.33. The number of nitrogens with zero attached hydrogens (tertiary/aromatic N) is 1. The van der Waals surface area contributed by atoms with Crippen LogP contribution in [0.4, 0.5) is 0 Å². The van der Waals surface area contributed by atoms with Crippen LogP contribution < -0.4 is 4.74 Å². The fraction of sp³-hybridized carbons (Fsp3) is 0.438. The van der Waals surface area contributed by atoms with Gasteiger partial charge in [0.05, 0.1) is 26.0 Å². The zero-order valence-electron chi connectivity index (χ0n) is 11.8. The van der Waals surface area contributed by atoms with Gasteiger partial charge in [-0.25, -0.2) is 4.98 Å². The van der Waals surface area contributed by atoms with E-state index in [-0.39, 0.29) is 12.2 Å². The molecule has 2 unspecified atom stereocenters. The van der Waals surface area contributed by atoms with E-state index in [0.29, 0.717) is 0 Å². The number of hydrogen-bond acceptors (Lipinski definition) is 5. The van der Waals surface area contributed by atoms with Crippen molar-refractivity contribution in [1.29, 1.82) is 0 Å². The molecule has 0 spiro atoms. The van der Waals surface area contributed by atoms with Crippen molar-refractivity contribution in [3.8, 4) is 5.75 Å². The average molecular weight is 319 g/mol. The second-order valence-electron chi connectivity index (χ2n) is 5.63. The highest BCUT2D eigenvalue weighted by Gasteiger charge is 2.25. The van der Waals surface area contributed by atoms with Crippen molar-refractivity contribution in [1.82, 2.24) is 4.98 Å². The van der Waals surface area contributed by atoms with Gasteiger partial charge in [0.2, 0.25) is 0 Å². The highest BCUT2D eigenvalue weighted by Crippen LogP contribution is 2.40. The number of hydrogen-bond donors (Lipinski definition) is 1. The van der Waals surface area contributed by atoms with Crippen LogP contribution in [-0.4, -0.2) is 22.3 Å². The Morgan fingerprint density at radius 1 is 1.33 bits per heavy atom. The second kappa shape index (κ2) is 5.23. The minimum absolute atomic E-state index is 0.0756. The summed E-state index contributed by atoms with van der Waals surface area (Å²) in [6.07, 6.45) is 3.60. The fourth-order valence-corrected chi connectivity index (χ4v) is 4.90. The Morgan fingerprint density at radius 2 is 2.19 bits per heavy atom. The summed E-state index contributed by atoms with van der Waals surface area (Å²) in [4.78, 5) is 4.64. The molecule has 1 aliphatic carbocycles. The Kier molecular flexibility index (Phi) is 3.36. The highest BCUT2D eigenvalue weighted by atomic mass is 32.1. The maximum atomic E-state index is 10.1. The van der Waals surface area contributed by atoms with Gasteiger partial charge in [0.15, 0.2) is 0 Å². The predicted octanol–water partition coefficient (Wildman–Crippen LogP) is 4.50. The van der Waals surface area contributed by atoms with E-state index in [1.807, 2.05) is 6.92 Å². The van der Waals surface area contributed by atoms with Crippen LogP contribution in [0.15, 0.2) is 17.5 Å². The lowest BCUT2D eigenvalue weighted by Crippen LogP contribution is -2.34. The number of aryl methyl sites for hydroxylation is 1. The Balaban J connectivity index is 1.80. The molecule has 2 heterocycles. The van der Waals surface area contributed by atoms with Crippen molar-refractivity contribution < 1.29 is 9.84 Å². The molecule has 1 fully saturated rings. The number of aliphatic hydroxyl groups is 1. The van der Waals surface area contributed by atoms with E-state index in [9.17, 15) is 5.11 Å². The molecule has 0 radical (unpaired) electrons. The summed E-state index contributed by atoms with van der Waals surface area (Å²) in [5.41, 5.74) is 1.08. The summed E-state index contributed by atoms with van der Waals surface area (Å²) in [5.74, 6) is 0.897. The molecule has 110 valence electrons. The van der Waals surface area contributed by atoms with E-state index in [2.05, 4.69) is 22.5 Å². The van der Waals surface area contributed by atoms with Crippen molar-refractivity contribution in [3.63, 3.8) is 0 Å². The lowest BCUT2D eigenvalue weighted by molar-refractivity contribution is 0.00775. The number of aromatic nitrogens is 1. The summed E-state index contributed by atoms with van der Waals surface area (Å²) in [6.45, 7) is 2.04. The Hall–Kier alpha value is -1.17. The number of thiazole rings is 1. The van der Waals surface area contributed by atoms with Crippen LogP contribution in [-0.2, 0) is 0 Å². The molecule has 5 heteroatoms. The van der Waals surface area contributed by atoms with Gasteiger partial charge < -0.3 is 9.84 Å². The van der Waals surface area contributed by atoms with E-state index >= 15 is 0 Å². The Bertz CT molecular complexity index is 792. The lowest BCUT2D eigenvalue weighted by Gasteiger charge is -2.28. The third-order valence-electron chi connectivity index (χ3n) is 4.11. The molecule has 3 aromatic rings. The van der Waals surface area contributed by atoms with Crippen LogP contribution in [0.25, 0.3) is 20.3 Å². The van der Waals surface area contributed by atoms with Gasteiger partial charge in [-0.3, -0.25) is 0 Å². The van der Waals surface area contributed by atoms with E-state index in [4.69, 9.17) is 4.74 Å². The molecule has 4 rings (SSSR count). The first-order valence-corrected chi connectivity index (χ1v) is 9.04. The first-order valence-electron chi connectivity index (χ1n) is 7.34. The second-order valence-corrected chi connectivity index (χ2v) is 7.78. The monoisotopic (exact) mass is 319 g/mol. The van der Waals surface area contributed by atoms with Crippen molar-refractivity contribution >= 4 is 43.0 Å². The van der Waals surface area contributed by atoms with Crippen LogP contribution >= 0.6 is 22.7 Å². The Morgan fingerprint density at radius 3 is 3.05 bits per heavy atom. The molecule has 1 N–H and O–H groups in total. The van der Waals surface area contributed by atoms with Crippen LogP contribution in [0.3, 0.4) is 0 Å². The lowest BCUT2D eigenvalue weighted by atomic mass is 9.95. The largest absolute Gasteiger partial charge is 0.487 e. The number of rotatable bonds is 2. The third-order valence-corrected chi connectivity index (χ3v) is 5.95. The molecular formula is C16H17NO2S2. The molecule has 3 nitrogen and oxygen atoms in total. The summed E-state index contributed by atoms with van der Waals surface area (Å²) >= 11 is 3.41. The van der Waals surface area contributed by atoms with Crippen LogP contribution in [0.1, 0.15) is 30.7 Å². The number of aliphatic hydroxyl groups excluding tert-OH is 1. The number of ether oxygens (including phenoxy) is 1. The predicted molar refractivity (Wildman–Crippen MR) is 88.6 cm³/mol. The summed E-state index contributed by atoms with van der Waals surface area (Å²) in [6, 6.07) is 4.19. The topological polar surface area (TPSA) is 42.4 Å². The van der Waals surface area contributed by atoms with Gasteiger partial charge in [0.1, 0.15) is 11.9 Å².